The van der Waals surface area contributed by atoms with Crippen LogP contribution in [0.25, 0.3) is 0 Å². The lowest BCUT2D eigenvalue weighted by Gasteiger charge is -2.28. The van der Waals surface area contributed by atoms with Gasteiger partial charge in [-0.1, -0.05) is 25.0 Å². The van der Waals surface area contributed by atoms with Crippen molar-refractivity contribution < 1.29 is 14.0 Å². The Morgan fingerprint density at radius 3 is 2.12 bits per heavy atom. The van der Waals surface area contributed by atoms with Crippen LogP contribution in [0.15, 0.2) is 48.5 Å². The first-order valence-corrected chi connectivity index (χ1v) is 8.24. The Morgan fingerprint density at radius 2 is 1.56 bits per heavy atom. The fourth-order valence-electron chi connectivity index (χ4n) is 3.44. The zero-order chi connectivity index (χ0) is 17.9. The van der Waals surface area contributed by atoms with E-state index in [1.807, 2.05) is 6.07 Å². The summed E-state index contributed by atoms with van der Waals surface area (Å²) < 4.78 is 13.7. The molecule has 0 saturated heterocycles. The first-order chi connectivity index (χ1) is 12.0. The smallest absolute Gasteiger partial charge is 0.316 e. The van der Waals surface area contributed by atoms with Crippen LogP contribution in [0.3, 0.4) is 0 Å². The number of amides is 3. The molecule has 1 saturated carbocycles. The van der Waals surface area contributed by atoms with E-state index in [1.54, 1.807) is 30.3 Å². The third-order valence-electron chi connectivity index (χ3n) is 4.68. The molecule has 0 atom stereocenters. The molecular weight excluding hydrogens is 321 g/mol. The number of hydrogen-bond acceptors (Lipinski definition) is 2. The van der Waals surface area contributed by atoms with Gasteiger partial charge in [-0.25, -0.2) is 9.18 Å². The summed E-state index contributed by atoms with van der Waals surface area (Å²) in [6.07, 6.45) is 3.27. The van der Waals surface area contributed by atoms with Gasteiger partial charge in [0, 0.05) is 11.4 Å². The molecule has 1 aliphatic rings. The van der Waals surface area contributed by atoms with E-state index < -0.39 is 11.4 Å². The van der Waals surface area contributed by atoms with Crippen molar-refractivity contribution in [2.45, 2.75) is 31.1 Å². The van der Waals surface area contributed by atoms with Gasteiger partial charge < -0.3 is 16.4 Å². The molecule has 0 heterocycles. The van der Waals surface area contributed by atoms with E-state index in [0.29, 0.717) is 24.2 Å². The molecule has 2 aromatic rings. The van der Waals surface area contributed by atoms with Crippen molar-refractivity contribution in [1.29, 1.82) is 0 Å². The molecule has 3 amide bonds. The quantitative estimate of drug-likeness (QED) is 0.791. The lowest BCUT2D eigenvalue weighted by atomic mass is 9.78. The summed E-state index contributed by atoms with van der Waals surface area (Å²) >= 11 is 0. The average Bonchev–Trinajstić information content (AvgIpc) is 3.07. The van der Waals surface area contributed by atoms with Crippen LogP contribution in [0.5, 0.6) is 0 Å². The predicted molar refractivity (Wildman–Crippen MR) is 94.8 cm³/mol. The van der Waals surface area contributed by atoms with E-state index in [2.05, 4.69) is 10.6 Å². The Kier molecular flexibility index (Phi) is 4.70. The number of carbonyl (C=O) groups is 2. The number of rotatable bonds is 4. The second kappa shape index (κ2) is 6.93. The molecule has 3 rings (SSSR count). The number of halogens is 1. The Bertz CT molecular complexity index is 784. The molecule has 0 bridgehead atoms. The Hall–Kier alpha value is -2.89. The Balaban J connectivity index is 1.81. The Labute approximate surface area is 145 Å². The molecule has 0 unspecified atom stereocenters. The van der Waals surface area contributed by atoms with Crippen molar-refractivity contribution in [3.63, 3.8) is 0 Å². The molecule has 5 nitrogen and oxygen atoms in total. The first kappa shape index (κ1) is 17.0. The minimum Gasteiger partial charge on any atom is -0.351 e. The van der Waals surface area contributed by atoms with Crippen molar-refractivity contribution in [3.05, 3.63) is 59.9 Å². The van der Waals surface area contributed by atoms with Crippen LogP contribution in [0.2, 0.25) is 0 Å². The summed E-state index contributed by atoms with van der Waals surface area (Å²) in [7, 11) is 0. The molecule has 1 aliphatic carbocycles. The highest BCUT2D eigenvalue weighted by molar-refractivity contribution is 5.99. The normalized spacial score (nSPS) is 15.6. The van der Waals surface area contributed by atoms with Crippen LogP contribution in [-0.4, -0.2) is 11.9 Å². The number of nitrogens with two attached hydrogens (primary N) is 1. The second-order valence-electron chi connectivity index (χ2n) is 6.32. The van der Waals surface area contributed by atoms with Crippen LogP contribution in [0.1, 0.15) is 31.2 Å². The van der Waals surface area contributed by atoms with Crippen molar-refractivity contribution >= 4 is 23.3 Å². The molecular formula is C19H20FN3O2. The van der Waals surface area contributed by atoms with Gasteiger partial charge in [0.1, 0.15) is 5.82 Å². The zero-order valence-corrected chi connectivity index (χ0v) is 13.7. The number of carbonyl (C=O) groups excluding carboxylic acids is 2. The summed E-state index contributed by atoms with van der Waals surface area (Å²) in [5, 5.41) is 5.38. The molecule has 6 heteroatoms. The van der Waals surface area contributed by atoms with Crippen molar-refractivity contribution in [3.8, 4) is 0 Å². The number of hydrogen-bond donors (Lipinski definition) is 3. The fraction of sp³-hybridized carbons (Fsp3) is 0.263. The lowest BCUT2D eigenvalue weighted by molar-refractivity contribution is -0.121. The SMILES string of the molecule is NC(=O)Nc1ccc(NC(=O)C2(c3cccc(F)c3)CCCC2)cc1. The maximum absolute atomic E-state index is 13.7. The van der Waals surface area contributed by atoms with Crippen LogP contribution < -0.4 is 16.4 Å². The summed E-state index contributed by atoms with van der Waals surface area (Å²) in [5.41, 5.74) is 6.25. The van der Waals surface area contributed by atoms with Crippen molar-refractivity contribution in [2.24, 2.45) is 5.73 Å². The molecule has 4 N–H and O–H groups in total. The van der Waals surface area contributed by atoms with E-state index in [0.717, 1.165) is 18.4 Å². The molecule has 0 radical (unpaired) electrons. The van der Waals surface area contributed by atoms with Gasteiger partial charge in [0.05, 0.1) is 5.41 Å². The highest BCUT2D eigenvalue weighted by atomic mass is 19.1. The summed E-state index contributed by atoms with van der Waals surface area (Å²) in [5.74, 6) is -0.468. The van der Waals surface area contributed by atoms with Crippen LogP contribution >= 0.6 is 0 Å². The van der Waals surface area contributed by atoms with Crippen LogP contribution in [-0.2, 0) is 10.2 Å². The van der Waals surface area contributed by atoms with Gasteiger partial charge in [-0.15, -0.1) is 0 Å². The maximum atomic E-state index is 13.7. The van der Waals surface area contributed by atoms with E-state index in [-0.39, 0.29) is 11.7 Å². The monoisotopic (exact) mass is 341 g/mol. The van der Waals surface area contributed by atoms with Crippen LogP contribution in [0, 0.1) is 5.82 Å². The molecule has 2 aromatic carbocycles. The minimum atomic E-state index is -0.702. The molecule has 25 heavy (non-hydrogen) atoms. The van der Waals surface area contributed by atoms with Gasteiger partial charge in [-0.3, -0.25) is 4.79 Å². The maximum Gasteiger partial charge on any atom is 0.316 e. The van der Waals surface area contributed by atoms with E-state index in [4.69, 9.17) is 5.73 Å². The minimum absolute atomic E-state index is 0.133. The molecule has 130 valence electrons. The second-order valence-corrected chi connectivity index (χ2v) is 6.32. The van der Waals surface area contributed by atoms with Gasteiger partial charge in [0.25, 0.3) is 0 Å². The first-order valence-electron chi connectivity index (χ1n) is 8.24. The molecule has 0 aliphatic heterocycles. The van der Waals surface area contributed by atoms with Gasteiger partial charge in [0.2, 0.25) is 5.91 Å². The van der Waals surface area contributed by atoms with Crippen molar-refractivity contribution in [1.82, 2.24) is 0 Å². The summed E-state index contributed by atoms with van der Waals surface area (Å²) in [6.45, 7) is 0. The highest BCUT2D eigenvalue weighted by Crippen LogP contribution is 2.42. The van der Waals surface area contributed by atoms with Gasteiger partial charge in [-0.05, 0) is 54.8 Å². The number of benzene rings is 2. The van der Waals surface area contributed by atoms with E-state index in [9.17, 15) is 14.0 Å². The number of anilines is 2. The van der Waals surface area contributed by atoms with Crippen LogP contribution in [0.4, 0.5) is 20.6 Å². The largest absolute Gasteiger partial charge is 0.351 e. The summed E-state index contributed by atoms with van der Waals surface area (Å²) in [4.78, 5) is 23.8. The summed E-state index contributed by atoms with van der Waals surface area (Å²) in [6, 6.07) is 12.3. The van der Waals surface area contributed by atoms with Crippen molar-refractivity contribution in [2.75, 3.05) is 10.6 Å². The molecule has 1 fully saturated rings. The number of urea groups is 1. The zero-order valence-electron chi connectivity index (χ0n) is 13.7. The number of primary amides is 1. The average molecular weight is 341 g/mol. The topological polar surface area (TPSA) is 84.2 Å². The standard InChI is InChI=1S/C19H20FN3O2/c20-14-5-3-4-13(12-14)19(10-1-2-11-19)17(24)22-15-6-8-16(9-7-15)23-18(21)25/h3-9,12H,1-2,10-11H2,(H,22,24)(H3,21,23,25). The Morgan fingerprint density at radius 1 is 0.960 bits per heavy atom. The third kappa shape index (κ3) is 3.63. The van der Waals surface area contributed by atoms with Gasteiger partial charge in [-0.2, -0.15) is 0 Å². The lowest BCUT2D eigenvalue weighted by Crippen LogP contribution is -2.38. The van der Waals surface area contributed by atoms with Gasteiger partial charge >= 0.3 is 6.03 Å². The predicted octanol–water partition coefficient (Wildman–Crippen LogP) is 3.77. The molecule has 0 aromatic heterocycles. The fourth-order valence-corrected chi connectivity index (χ4v) is 3.44. The van der Waals surface area contributed by atoms with E-state index in [1.165, 1.54) is 12.1 Å². The highest BCUT2D eigenvalue weighted by Gasteiger charge is 2.42. The number of nitrogens with one attached hydrogen (secondary N) is 2. The van der Waals surface area contributed by atoms with E-state index >= 15 is 0 Å². The molecule has 0 spiro atoms. The third-order valence-corrected chi connectivity index (χ3v) is 4.68. The van der Waals surface area contributed by atoms with Gasteiger partial charge in [0.15, 0.2) is 0 Å².